The van der Waals surface area contributed by atoms with E-state index < -0.39 is 11.6 Å². The molecule has 2 heterocycles. The SMILES string of the molecule is Cc1nc(NCc2ccccc2OC(C)C)n2ncc(C(C)C)c2n1.O=S=O. The number of para-hydroxylation sites is 1. The molecule has 2 aromatic heterocycles. The summed E-state index contributed by atoms with van der Waals surface area (Å²) in [6.45, 7) is 10.8. The van der Waals surface area contributed by atoms with Crippen molar-refractivity contribution in [3.63, 3.8) is 0 Å². The van der Waals surface area contributed by atoms with E-state index in [1.165, 1.54) is 0 Å². The summed E-state index contributed by atoms with van der Waals surface area (Å²) in [5, 5.41) is 7.84. The van der Waals surface area contributed by atoms with Gasteiger partial charge in [0.15, 0.2) is 5.65 Å². The molecule has 3 aromatic rings. The highest BCUT2D eigenvalue weighted by molar-refractivity contribution is 7.51. The van der Waals surface area contributed by atoms with Crippen LogP contribution in [0.25, 0.3) is 5.65 Å². The summed E-state index contributed by atoms with van der Waals surface area (Å²) in [7, 11) is 0. The summed E-state index contributed by atoms with van der Waals surface area (Å²) in [6.07, 6.45) is 2.00. The quantitative estimate of drug-likeness (QED) is 0.674. The van der Waals surface area contributed by atoms with Crippen molar-refractivity contribution < 1.29 is 13.2 Å². The zero-order chi connectivity index (χ0) is 20.7. The van der Waals surface area contributed by atoms with Gasteiger partial charge in [0.1, 0.15) is 11.6 Å². The van der Waals surface area contributed by atoms with Crippen molar-refractivity contribution in [1.29, 1.82) is 0 Å². The van der Waals surface area contributed by atoms with Gasteiger partial charge in [-0.2, -0.15) is 23.0 Å². The number of anilines is 1. The van der Waals surface area contributed by atoms with Crippen LogP contribution in [0.4, 0.5) is 5.95 Å². The van der Waals surface area contributed by atoms with Crippen LogP contribution < -0.4 is 10.1 Å². The zero-order valence-corrected chi connectivity index (χ0v) is 17.5. The molecule has 0 bridgehead atoms. The van der Waals surface area contributed by atoms with E-state index in [-0.39, 0.29) is 6.10 Å². The molecule has 28 heavy (non-hydrogen) atoms. The van der Waals surface area contributed by atoms with E-state index in [1.54, 1.807) is 4.52 Å². The smallest absolute Gasteiger partial charge is 0.335 e. The normalized spacial score (nSPS) is 10.7. The number of aryl methyl sites for hydroxylation is 1. The number of nitrogens with one attached hydrogen (secondary N) is 1. The number of aromatic nitrogens is 4. The van der Waals surface area contributed by atoms with Crippen molar-refractivity contribution in [1.82, 2.24) is 19.6 Å². The largest absolute Gasteiger partial charge is 0.491 e. The molecule has 0 aliphatic rings. The number of hydrogen-bond donors (Lipinski definition) is 1. The van der Waals surface area contributed by atoms with E-state index in [2.05, 4.69) is 40.3 Å². The van der Waals surface area contributed by atoms with Gasteiger partial charge < -0.3 is 10.1 Å². The summed E-state index contributed by atoms with van der Waals surface area (Å²) in [6, 6.07) is 8.04. The number of fused-ring (bicyclic) bond motifs is 1. The first kappa shape index (κ1) is 21.5. The molecule has 0 fully saturated rings. The van der Waals surface area contributed by atoms with Gasteiger partial charge in [0.25, 0.3) is 0 Å². The van der Waals surface area contributed by atoms with Gasteiger partial charge in [-0.3, -0.25) is 0 Å². The Hall–Kier alpha value is -2.81. The Morgan fingerprint density at radius 1 is 1.14 bits per heavy atom. The Morgan fingerprint density at radius 2 is 1.82 bits per heavy atom. The summed E-state index contributed by atoms with van der Waals surface area (Å²) >= 11 is -0.750. The summed E-state index contributed by atoms with van der Waals surface area (Å²) in [4.78, 5) is 9.07. The molecule has 9 heteroatoms. The lowest BCUT2D eigenvalue weighted by Crippen LogP contribution is -2.12. The Kier molecular flexibility index (Phi) is 7.62. The minimum atomic E-state index is -0.750. The van der Waals surface area contributed by atoms with Crippen LogP contribution >= 0.6 is 0 Å². The first-order valence-electron chi connectivity index (χ1n) is 8.99. The van der Waals surface area contributed by atoms with Crippen molar-refractivity contribution >= 4 is 23.2 Å². The second-order valence-corrected chi connectivity index (χ2v) is 6.92. The van der Waals surface area contributed by atoms with E-state index in [1.807, 2.05) is 45.2 Å². The van der Waals surface area contributed by atoms with Crippen molar-refractivity contribution in [2.45, 2.75) is 53.2 Å². The monoisotopic (exact) mass is 403 g/mol. The summed E-state index contributed by atoms with van der Waals surface area (Å²) in [5.74, 6) is 2.66. The van der Waals surface area contributed by atoms with Crippen LogP contribution in [0.3, 0.4) is 0 Å². The van der Waals surface area contributed by atoms with Gasteiger partial charge in [0, 0.05) is 17.7 Å². The van der Waals surface area contributed by atoms with Gasteiger partial charge >= 0.3 is 11.6 Å². The molecule has 0 aliphatic carbocycles. The number of ether oxygens (including phenoxy) is 1. The number of benzene rings is 1. The van der Waals surface area contributed by atoms with E-state index in [4.69, 9.17) is 13.2 Å². The fourth-order valence-corrected chi connectivity index (χ4v) is 2.72. The third kappa shape index (κ3) is 5.35. The van der Waals surface area contributed by atoms with Crippen molar-refractivity contribution in [2.75, 3.05) is 5.32 Å². The van der Waals surface area contributed by atoms with Crippen LogP contribution in [-0.2, 0) is 18.1 Å². The third-order valence-corrected chi connectivity index (χ3v) is 3.90. The zero-order valence-electron chi connectivity index (χ0n) is 16.7. The lowest BCUT2D eigenvalue weighted by molar-refractivity contribution is 0.240. The molecule has 150 valence electrons. The average Bonchev–Trinajstić information content (AvgIpc) is 3.05. The molecular weight excluding hydrogens is 378 g/mol. The molecule has 0 unspecified atom stereocenters. The van der Waals surface area contributed by atoms with E-state index in [0.717, 1.165) is 28.3 Å². The number of nitrogens with zero attached hydrogens (tertiary/aromatic N) is 4. The second-order valence-electron chi connectivity index (χ2n) is 6.78. The van der Waals surface area contributed by atoms with Crippen molar-refractivity contribution in [3.05, 3.63) is 47.4 Å². The van der Waals surface area contributed by atoms with Crippen LogP contribution in [0.15, 0.2) is 30.5 Å². The summed E-state index contributed by atoms with van der Waals surface area (Å²) < 4.78 is 24.2. The van der Waals surface area contributed by atoms with Crippen LogP contribution in [0.2, 0.25) is 0 Å². The molecule has 0 radical (unpaired) electrons. The van der Waals surface area contributed by atoms with Crippen molar-refractivity contribution in [2.24, 2.45) is 0 Å². The molecule has 0 saturated carbocycles. The highest BCUT2D eigenvalue weighted by Crippen LogP contribution is 2.23. The van der Waals surface area contributed by atoms with Crippen LogP contribution in [0, 0.1) is 6.92 Å². The van der Waals surface area contributed by atoms with E-state index in [0.29, 0.717) is 18.4 Å². The molecule has 0 saturated heterocycles. The van der Waals surface area contributed by atoms with Crippen LogP contribution in [0.1, 0.15) is 50.6 Å². The molecule has 8 nitrogen and oxygen atoms in total. The topological polar surface area (TPSA) is 98.5 Å². The highest BCUT2D eigenvalue weighted by atomic mass is 32.1. The molecule has 0 amide bonds. The standard InChI is InChI=1S/C19H25N5O.O2S/c1-12(2)16-11-21-24-18(16)22-14(5)23-19(24)20-10-15-8-6-7-9-17(15)25-13(3)4;1-3-2/h6-9,11-13H,10H2,1-5H3,(H,20,22,23);. The minimum Gasteiger partial charge on any atom is -0.491 e. The molecule has 1 aromatic carbocycles. The predicted octanol–water partition coefficient (Wildman–Crippen LogP) is 3.29. The Balaban J connectivity index is 0.000000878. The first-order valence-corrected chi connectivity index (χ1v) is 9.66. The van der Waals surface area contributed by atoms with Crippen molar-refractivity contribution in [3.8, 4) is 5.75 Å². The molecule has 0 spiro atoms. The molecular formula is C19H25N5O3S. The van der Waals surface area contributed by atoms with Gasteiger partial charge in [-0.15, -0.1) is 0 Å². The predicted molar refractivity (Wildman–Crippen MR) is 108 cm³/mol. The molecule has 1 N–H and O–H groups in total. The maximum absolute atomic E-state index is 8.29. The van der Waals surface area contributed by atoms with E-state index in [9.17, 15) is 0 Å². The third-order valence-electron chi connectivity index (χ3n) is 3.90. The Labute approximate surface area is 168 Å². The average molecular weight is 404 g/mol. The van der Waals surface area contributed by atoms with Gasteiger partial charge in [-0.25, -0.2) is 4.98 Å². The molecule has 0 atom stereocenters. The Bertz CT molecular complexity index is 965. The van der Waals surface area contributed by atoms with Gasteiger partial charge in [0.05, 0.1) is 12.3 Å². The van der Waals surface area contributed by atoms with Crippen LogP contribution in [0.5, 0.6) is 5.75 Å². The fraction of sp³-hybridized carbons (Fsp3) is 0.421. The maximum Gasteiger partial charge on any atom is 0.335 e. The maximum atomic E-state index is 8.29. The molecule has 0 aliphatic heterocycles. The fourth-order valence-electron chi connectivity index (χ4n) is 2.72. The highest BCUT2D eigenvalue weighted by Gasteiger charge is 2.14. The van der Waals surface area contributed by atoms with Gasteiger partial charge in [-0.1, -0.05) is 32.0 Å². The van der Waals surface area contributed by atoms with Gasteiger partial charge in [0.2, 0.25) is 5.95 Å². The second kappa shape index (κ2) is 9.93. The summed E-state index contributed by atoms with van der Waals surface area (Å²) in [5.41, 5.74) is 3.06. The van der Waals surface area contributed by atoms with E-state index >= 15 is 0 Å². The van der Waals surface area contributed by atoms with Gasteiger partial charge in [-0.05, 0) is 32.8 Å². The van der Waals surface area contributed by atoms with Crippen LogP contribution in [-0.4, -0.2) is 34.1 Å². The minimum absolute atomic E-state index is 0.133. The Morgan fingerprint density at radius 3 is 2.46 bits per heavy atom. The molecule has 3 rings (SSSR count). The first-order chi connectivity index (χ1) is 13.4. The lowest BCUT2D eigenvalue weighted by atomic mass is 10.1. The lowest BCUT2D eigenvalue weighted by Gasteiger charge is -2.15. The number of hydrogen-bond acceptors (Lipinski definition) is 7. The number of rotatable bonds is 6.